The molecule has 0 fully saturated rings. The monoisotopic (exact) mass is 435 g/mol. The lowest BCUT2D eigenvalue weighted by molar-refractivity contribution is -0.0512. The molecule has 0 aromatic heterocycles. The van der Waals surface area contributed by atoms with E-state index in [-0.39, 0.29) is 27.8 Å². The Balaban J connectivity index is 2.27. The van der Waals surface area contributed by atoms with Crippen LogP contribution in [0.3, 0.4) is 0 Å². The molecule has 0 saturated heterocycles. The molecule has 0 aliphatic carbocycles. The lowest BCUT2D eigenvalue weighted by Gasteiger charge is -2.18. The van der Waals surface area contributed by atoms with Crippen LogP contribution >= 0.6 is 0 Å². The van der Waals surface area contributed by atoms with E-state index in [1.165, 1.54) is 56.6 Å². The molecule has 2 rings (SSSR count). The van der Waals surface area contributed by atoms with E-state index >= 15 is 0 Å². The summed E-state index contributed by atoms with van der Waals surface area (Å²) >= 11 is 0. The molecule has 0 bridgehead atoms. The van der Waals surface area contributed by atoms with Gasteiger partial charge in [-0.15, -0.1) is 0 Å². The highest BCUT2D eigenvalue weighted by Gasteiger charge is 2.22. The fraction of sp³-hybridized carbons (Fsp3) is 0.294. The molecular formula is C17H19F2NO6S2. The minimum atomic E-state index is -3.93. The summed E-state index contributed by atoms with van der Waals surface area (Å²) in [6.45, 7) is -3.18. The third-order valence-electron chi connectivity index (χ3n) is 3.81. The average molecular weight is 435 g/mol. The molecule has 0 saturated carbocycles. The fourth-order valence-corrected chi connectivity index (χ4v) is 4.18. The van der Waals surface area contributed by atoms with Crippen LogP contribution in [-0.4, -0.2) is 48.2 Å². The molecule has 2 aromatic rings. The van der Waals surface area contributed by atoms with Crippen LogP contribution in [0, 0.1) is 0 Å². The van der Waals surface area contributed by atoms with Gasteiger partial charge in [0.1, 0.15) is 0 Å². The van der Waals surface area contributed by atoms with Gasteiger partial charge < -0.3 is 9.47 Å². The summed E-state index contributed by atoms with van der Waals surface area (Å²) in [7, 11) is -4.77. The van der Waals surface area contributed by atoms with Crippen LogP contribution in [0.2, 0.25) is 0 Å². The molecule has 0 aliphatic heterocycles. The Morgan fingerprint density at radius 1 is 0.964 bits per heavy atom. The van der Waals surface area contributed by atoms with Crippen molar-refractivity contribution in [1.29, 1.82) is 0 Å². The first-order chi connectivity index (χ1) is 12.9. The van der Waals surface area contributed by atoms with E-state index in [9.17, 15) is 25.6 Å². The second-order valence-corrected chi connectivity index (χ2v) is 9.93. The predicted molar refractivity (Wildman–Crippen MR) is 97.8 cm³/mol. The van der Waals surface area contributed by atoms with E-state index < -0.39 is 26.5 Å². The Bertz CT molecular complexity index is 1040. The quantitative estimate of drug-likeness (QED) is 0.633. The lowest BCUT2D eigenvalue weighted by Crippen LogP contribution is -2.26. The van der Waals surface area contributed by atoms with Gasteiger partial charge in [0.25, 0.3) is 0 Å². The highest BCUT2D eigenvalue weighted by molar-refractivity contribution is 7.90. The first-order valence-corrected chi connectivity index (χ1v) is 11.2. The van der Waals surface area contributed by atoms with Gasteiger partial charge in [-0.2, -0.15) is 13.1 Å². The van der Waals surface area contributed by atoms with Crippen LogP contribution in [0.5, 0.6) is 11.5 Å². The molecule has 0 heterocycles. The molecule has 7 nitrogen and oxygen atoms in total. The van der Waals surface area contributed by atoms with E-state index in [4.69, 9.17) is 4.74 Å². The maximum absolute atomic E-state index is 12.7. The van der Waals surface area contributed by atoms with Crippen LogP contribution in [0.4, 0.5) is 8.78 Å². The van der Waals surface area contributed by atoms with Crippen molar-refractivity contribution in [3.05, 3.63) is 48.0 Å². The van der Waals surface area contributed by atoms with Gasteiger partial charge in [0, 0.05) is 19.8 Å². The zero-order valence-corrected chi connectivity index (χ0v) is 16.9. The maximum atomic E-state index is 12.7. The van der Waals surface area contributed by atoms with Gasteiger partial charge in [-0.25, -0.2) is 16.8 Å². The number of rotatable bonds is 8. The van der Waals surface area contributed by atoms with Gasteiger partial charge in [0.2, 0.25) is 10.0 Å². The van der Waals surface area contributed by atoms with Crippen LogP contribution in [0.25, 0.3) is 0 Å². The molecular weight excluding hydrogens is 416 g/mol. The Hall–Kier alpha value is -2.24. The first kappa shape index (κ1) is 22.1. The molecule has 28 heavy (non-hydrogen) atoms. The number of sulfonamides is 1. The average Bonchev–Trinajstić information content (AvgIpc) is 2.60. The normalized spacial score (nSPS) is 12.4. The number of alkyl halides is 2. The number of halogens is 2. The van der Waals surface area contributed by atoms with Gasteiger partial charge >= 0.3 is 6.61 Å². The third-order valence-corrected chi connectivity index (χ3v) is 6.76. The maximum Gasteiger partial charge on any atom is 0.387 e. The number of methoxy groups -OCH3 is 1. The van der Waals surface area contributed by atoms with Crippen molar-refractivity contribution < 1.29 is 35.1 Å². The summed E-state index contributed by atoms with van der Waals surface area (Å²) < 4.78 is 83.8. The molecule has 0 radical (unpaired) electrons. The smallest absolute Gasteiger partial charge is 0.387 e. The predicted octanol–water partition coefficient (Wildman–Crippen LogP) is 2.52. The minimum absolute atomic E-state index is 0.00181. The van der Waals surface area contributed by atoms with Gasteiger partial charge in [-0.3, -0.25) is 0 Å². The van der Waals surface area contributed by atoms with Crippen molar-refractivity contribution in [3.8, 4) is 11.5 Å². The van der Waals surface area contributed by atoms with Crippen molar-refractivity contribution >= 4 is 19.9 Å². The molecule has 0 aliphatic rings. The number of hydrogen-bond acceptors (Lipinski definition) is 6. The van der Waals surface area contributed by atoms with Gasteiger partial charge in [-0.05, 0) is 42.0 Å². The van der Waals surface area contributed by atoms with E-state index in [2.05, 4.69) is 4.74 Å². The Labute approximate surface area is 162 Å². The van der Waals surface area contributed by atoms with Gasteiger partial charge in [0.15, 0.2) is 21.3 Å². The zero-order valence-electron chi connectivity index (χ0n) is 15.3. The number of nitrogens with zero attached hydrogens (tertiary/aromatic N) is 1. The van der Waals surface area contributed by atoms with Crippen LogP contribution < -0.4 is 9.47 Å². The van der Waals surface area contributed by atoms with E-state index in [0.29, 0.717) is 5.56 Å². The third kappa shape index (κ3) is 5.18. The zero-order chi connectivity index (χ0) is 21.1. The van der Waals surface area contributed by atoms with Crippen molar-refractivity contribution in [1.82, 2.24) is 4.31 Å². The molecule has 11 heteroatoms. The Kier molecular flexibility index (Phi) is 6.63. The van der Waals surface area contributed by atoms with Crippen LogP contribution in [0.15, 0.2) is 52.3 Å². The number of benzene rings is 2. The highest BCUT2D eigenvalue weighted by Crippen LogP contribution is 2.30. The molecule has 0 amide bonds. The van der Waals surface area contributed by atoms with Crippen molar-refractivity contribution in [3.63, 3.8) is 0 Å². The topological polar surface area (TPSA) is 90.0 Å². The molecule has 0 spiro atoms. The van der Waals surface area contributed by atoms with Crippen molar-refractivity contribution in [2.75, 3.05) is 20.4 Å². The standard InChI is InChI=1S/C17H19F2NO6S2/c1-20(11-12-4-9-15(25-2)16(10-12)26-17(18)19)28(23,24)14-7-5-13(6-8-14)27(3,21)22/h4-10,17H,11H2,1-3H3. The van der Waals surface area contributed by atoms with E-state index in [1.54, 1.807) is 0 Å². The van der Waals surface area contributed by atoms with E-state index in [1.807, 2.05) is 0 Å². The summed E-state index contributed by atoms with van der Waals surface area (Å²) in [5.74, 6) is -0.121. The Morgan fingerprint density at radius 2 is 1.54 bits per heavy atom. The molecule has 0 unspecified atom stereocenters. The van der Waals surface area contributed by atoms with Gasteiger partial charge in [-0.1, -0.05) is 6.07 Å². The molecule has 2 aromatic carbocycles. The number of sulfone groups is 1. The van der Waals surface area contributed by atoms with Crippen LogP contribution in [0.1, 0.15) is 5.56 Å². The summed E-state index contributed by atoms with van der Waals surface area (Å²) in [5.41, 5.74) is 0.398. The number of ether oxygens (including phenoxy) is 2. The fourth-order valence-electron chi connectivity index (χ4n) is 2.39. The number of hydrogen-bond donors (Lipinski definition) is 0. The van der Waals surface area contributed by atoms with Crippen LogP contribution in [-0.2, 0) is 26.4 Å². The first-order valence-electron chi connectivity index (χ1n) is 7.83. The lowest BCUT2D eigenvalue weighted by atomic mass is 10.2. The highest BCUT2D eigenvalue weighted by atomic mass is 32.2. The molecule has 0 atom stereocenters. The molecule has 154 valence electrons. The SMILES string of the molecule is COc1ccc(CN(C)S(=O)(=O)c2ccc(S(C)(=O)=O)cc2)cc1OC(F)F. The molecule has 0 N–H and O–H groups in total. The largest absolute Gasteiger partial charge is 0.493 e. The Morgan fingerprint density at radius 3 is 2.04 bits per heavy atom. The van der Waals surface area contributed by atoms with E-state index in [0.717, 1.165) is 10.6 Å². The second-order valence-electron chi connectivity index (χ2n) is 5.87. The minimum Gasteiger partial charge on any atom is -0.493 e. The summed E-state index contributed by atoms with van der Waals surface area (Å²) in [5, 5.41) is 0. The summed E-state index contributed by atoms with van der Waals surface area (Å²) in [6, 6.07) is 8.99. The van der Waals surface area contributed by atoms with Crippen molar-refractivity contribution in [2.24, 2.45) is 0 Å². The van der Waals surface area contributed by atoms with Crippen molar-refractivity contribution in [2.45, 2.75) is 22.9 Å². The summed E-state index contributed by atoms with van der Waals surface area (Å²) in [6.07, 6.45) is 1.02. The summed E-state index contributed by atoms with van der Waals surface area (Å²) in [4.78, 5) is -0.0991. The van der Waals surface area contributed by atoms with Gasteiger partial charge in [0.05, 0.1) is 16.9 Å². The second kappa shape index (κ2) is 8.41.